The molecule has 2 N–H and O–H groups in total. The molecule has 4 rings (SSSR count). The van der Waals surface area contributed by atoms with Crippen molar-refractivity contribution in [1.82, 2.24) is 4.68 Å². The van der Waals surface area contributed by atoms with Gasteiger partial charge < -0.3 is 19.9 Å². The number of rotatable bonds is 4. The molecule has 0 aliphatic carbocycles. The lowest BCUT2D eigenvalue weighted by Gasteiger charge is -2.18. The highest BCUT2D eigenvalue weighted by atomic mass is 79.9. The Kier molecular flexibility index (Phi) is 5.60. The molecule has 1 aromatic heterocycles. The standard InChI is InChI=1S/C20H17BrN4O4S/c1-22-20-25(23-8-11-5-13(21)19(27)17(6-11)28-2)15(10-30-20)12-3-4-16-14(7-12)24-18(26)9-29-16/h3-8,10,27H,9H2,1-2H3,(H,24,26)/b22-20?,23-8+. The Bertz CT molecular complexity index is 1230. The first-order valence-electron chi connectivity index (χ1n) is 8.81. The highest BCUT2D eigenvalue weighted by molar-refractivity contribution is 9.10. The molecule has 0 spiro atoms. The minimum absolute atomic E-state index is 0.0135. The summed E-state index contributed by atoms with van der Waals surface area (Å²) in [6, 6.07) is 9.00. The van der Waals surface area contributed by atoms with Crippen molar-refractivity contribution in [1.29, 1.82) is 0 Å². The Labute approximate surface area is 184 Å². The molecule has 10 heteroatoms. The van der Waals surface area contributed by atoms with Crippen LogP contribution in [0.3, 0.4) is 0 Å². The molecular weight excluding hydrogens is 472 g/mol. The largest absolute Gasteiger partial charge is 0.503 e. The second-order valence-electron chi connectivity index (χ2n) is 6.28. The lowest BCUT2D eigenvalue weighted by Crippen LogP contribution is -2.25. The molecule has 2 aromatic carbocycles. The Morgan fingerprint density at radius 3 is 2.97 bits per heavy atom. The molecule has 1 aliphatic rings. The maximum atomic E-state index is 11.6. The minimum Gasteiger partial charge on any atom is -0.503 e. The molecule has 0 bridgehead atoms. The van der Waals surface area contributed by atoms with Crippen molar-refractivity contribution in [3.05, 3.63) is 50.5 Å². The van der Waals surface area contributed by atoms with Crippen LogP contribution in [0.1, 0.15) is 5.56 Å². The molecule has 8 nitrogen and oxygen atoms in total. The fourth-order valence-electron chi connectivity index (χ4n) is 2.95. The lowest BCUT2D eigenvalue weighted by molar-refractivity contribution is -0.118. The van der Waals surface area contributed by atoms with Crippen LogP contribution in [0.25, 0.3) is 11.3 Å². The van der Waals surface area contributed by atoms with Crippen molar-refractivity contribution in [3.8, 4) is 28.5 Å². The first-order chi connectivity index (χ1) is 14.5. The Balaban J connectivity index is 1.75. The molecule has 0 radical (unpaired) electrons. The summed E-state index contributed by atoms with van der Waals surface area (Å²) in [4.78, 5) is 16.6. The van der Waals surface area contributed by atoms with Crippen molar-refractivity contribution < 1.29 is 19.4 Å². The van der Waals surface area contributed by atoms with Gasteiger partial charge in [-0.3, -0.25) is 9.79 Å². The van der Waals surface area contributed by atoms with Crippen molar-refractivity contribution in [2.45, 2.75) is 0 Å². The third-order valence-electron chi connectivity index (χ3n) is 4.38. The summed E-state index contributed by atoms with van der Waals surface area (Å²) in [6.07, 6.45) is 1.65. The number of aromatic hydroxyl groups is 1. The van der Waals surface area contributed by atoms with Crippen LogP contribution in [0.15, 0.2) is 50.3 Å². The number of methoxy groups -OCH3 is 1. The average Bonchev–Trinajstić information content (AvgIpc) is 3.16. The van der Waals surface area contributed by atoms with E-state index < -0.39 is 0 Å². The number of hydrogen-bond donors (Lipinski definition) is 2. The predicted octanol–water partition coefficient (Wildman–Crippen LogP) is 3.44. The summed E-state index contributed by atoms with van der Waals surface area (Å²) in [7, 11) is 3.18. The van der Waals surface area contributed by atoms with E-state index in [1.807, 2.05) is 23.6 Å². The van der Waals surface area contributed by atoms with Crippen LogP contribution >= 0.6 is 27.3 Å². The number of carbonyl (C=O) groups is 1. The molecule has 0 saturated heterocycles. The lowest BCUT2D eigenvalue weighted by atomic mass is 10.1. The van der Waals surface area contributed by atoms with Crippen molar-refractivity contribution in [3.63, 3.8) is 0 Å². The number of amides is 1. The van der Waals surface area contributed by atoms with Gasteiger partial charge in [0.2, 0.25) is 4.80 Å². The number of anilines is 1. The van der Waals surface area contributed by atoms with Gasteiger partial charge in [0.25, 0.3) is 5.91 Å². The van der Waals surface area contributed by atoms with Gasteiger partial charge in [0.05, 0.1) is 29.2 Å². The summed E-state index contributed by atoms with van der Waals surface area (Å²) in [5, 5.41) is 19.3. The van der Waals surface area contributed by atoms with Gasteiger partial charge in [0, 0.05) is 18.0 Å². The molecule has 0 unspecified atom stereocenters. The number of halogens is 1. The van der Waals surface area contributed by atoms with Crippen molar-refractivity contribution in [2.75, 3.05) is 26.1 Å². The molecule has 154 valence electrons. The topological polar surface area (TPSA) is 97.4 Å². The number of benzene rings is 2. The number of nitrogens with one attached hydrogen (secondary N) is 1. The number of thiazole rings is 1. The molecule has 1 aliphatic heterocycles. The van der Waals surface area contributed by atoms with Gasteiger partial charge in [0.15, 0.2) is 18.1 Å². The fraction of sp³-hybridized carbons (Fsp3) is 0.150. The maximum absolute atomic E-state index is 11.6. The smallest absolute Gasteiger partial charge is 0.262 e. The summed E-state index contributed by atoms with van der Waals surface area (Å²) in [5.41, 5.74) is 3.01. The number of phenolic OH excluding ortho intramolecular Hbond substituents is 1. The van der Waals surface area contributed by atoms with Gasteiger partial charge >= 0.3 is 0 Å². The SMILES string of the molecule is CN=c1scc(-c2ccc3c(c2)NC(=O)CO3)n1/N=C/c1cc(Br)c(O)c(OC)c1. The number of nitrogens with zero attached hydrogens (tertiary/aromatic N) is 3. The highest BCUT2D eigenvalue weighted by Crippen LogP contribution is 2.35. The average molecular weight is 489 g/mol. The number of carbonyl (C=O) groups excluding carboxylic acids is 1. The molecule has 3 aromatic rings. The van der Waals surface area contributed by atoms with E-state index in [1.165, 1.54) is 18.4 Å². The van der Waals surface area contributed by atoms with Crippen molar-refractivity contribution >= 4 is 45.1 Å². The zero-order valence-electron chi connectivity index (χ0n) is 16.0. The van der Waals surface area contributed by atoms with Crippen LogP contribution in [-0.4, -0.2) is 42.7 Å². The van der Waals surface area contributed by atoms with Crippen LogP contribution in [0, 0.1) is 0 Å². The first kappa shape index (κ1) is 20.2. The second-order valence-corrected chi connectivity index (χ2v) is 7.98. The normalized spacial score (nSPS) is 13.8. The van der Waals surface area contributed by atoms with E-state index in [2.05, 4.69) is 31.3 Å². The van der Waals surface area contributed by atoms with Gasteiger partial charge in [-0.2, -0.15) is 5.10 Å². The zero-order chi connectivity index (χ0) is 21.3. The third kappa shape index (κ3) is 3.83. The molecule has 2 heterocycles. The Hall–Kier alpha value is -3.11. The van der Waals surface area contributed by atoms with Gasteiger partial charge in [-0.25, -0.2) is 4.68 Å². The van der Waals surface area contributed by atoms with Gasteiger partial charge in [-0.1, -0.05) is 0 Å². The van der Waals surface area contributed by atoms with Crippen LogP contribution in [-0.2, 0) is 4.79 Å². The number of fused-ring (bicyclic) bond motifs is 1. The maximum Gasteiger partial charge on any atom is 0.262 e. The van der Waals surface area contributed by atoms with E-state index in [0.717, 1.165) is 16.8 Å². The molecule has 1 amide bonds. The van der Waals surface area contributed by atoms with E-state index in [9.17, 15) is 9.90 Å². The Morgan fingerprint density at radius 1 is 1.37 bits per heavy atom. The van der Waals surface area contributed by atoms with Crippen LogP contribution in [0.4, 0.5) is 5.69 Å². The molecule has 0 atom stereocenters. The quantitative estimate of drug-likeness (QED) is 0.549. The fourth-order valence-corrected chi connectivity index (χ4v) is 4.21. The molecule has 0 saturated carbocycles. The number of hydrogen-bond acceptors (Lipinski definition) is 7. The Morgan fingerprint density at radius 2 is 2.20 bits per heavy atom. The molecular formula is C20H17BrN4O4S. The van der Waals surface area contributed by atoms with Gasteiger partial charge in [-0.05, 0) is 51.8 Å². The van der Waals surface area contributed by atoms with Crippen LogP contribution in [0.5, 0.6) is 17.2 Å². The monoisotopic (exact) mass is 488 g/mol. The van der Waals surface area contributed by atoms with E-state index in [1.54, 1.807) is 30.1 Å². The molecule has 0 fully saturated rings. The summed E-state index contributed by atoms with van der Waals surface area (Å²) in [5.74, 6) is 0.810. The van der Waals surface area contributed by atoms with E-state index in [0.29, 0.717) is 26.5 Å². The summed E-state index contributed by atoms with van der Waals surface area (Å²) >= 11 is 4.76. The van der Waals surface area contributed by atoms with Gasteiger partial charge in [0.1, 0.15) is 5.75 Å². The van der Waals surface area contributed by atoms with Gasteiger partial charge in [-0.15, -0.1) is 11.3 Å². The first-order valence-corrected chi connectivity index (χ1v) is 10.5. The molecule has 30 heavy (non-hydrogen) atoms. The van der Waals surface area contributed by atoms with E-state index >= 15 is 0 Å². The third-order valence-corrected chi connectivity index (χ3v) is 5.89. The summed E-state index contributed by atoms with van der Waals surface area (Å²) in [6.45, 7) is 0.0135. The van der Waals surface area contributed by atoms with Crippen molar-refractivity contribution in [2.24, 2.45) is 10.1 Å². The zero-order valence-corrected chi connectivity index (χ0v) is 18.5. The minimum atomic E-state index is -0.188. The number of aromatic nitrogens is 1. The number of ether oxygens (including phenoxy) is 2. The predicted molar refractivity (Wildman–Crippen MR) is 119 cm³/mol. The van der Waals surface area contributed by atoms with Crippen LogP contribution < -0.4 is 19.6 Å². The highest BCUT2D eigenvalue weighted by Gasteiger charge is 2.17. The number of phenols is 1. The summed E-state index contributed by atoms with van der Waals surface area (Å²) < 4.78 is 12.8. The second kappa shape index (κ2) is 8.33. The van der Waals surface area contributed by atoms with Crippen LogP contribution in [0.2, 0.25) is 0 Å². The van der Waals surface area contributed by atoms with E-state index in [-0.39, 0.29) is 18.3 Å². The van der Waals surface area contributed by atoms with E-state index in [4.69, 9.17) is 9.47 Å².